The van der Waals surface area contributed by atoms with Crippen molar-refractivity contribution in [3.05, 3.63) is 76.1 Å². The molecule has 0 spiro atoms. The molecule has 0 radical (unpaired) electrons. The first-order valence-electron chi connectivity index (χ1n) is 8.56. The molecule has 4 aromatic rings. The van der Waals surface area contributed by atoms with Gasteiger partial charge in [0.15, 0.2) is 4.34 Å². The van der Waals surface area contributed by atoms with Crippen molar-refractivity contribution >= 4 is 50.9 Å². The number of para-hydroxylation sites is 1. The van der Waals surface area contributed by atoms with Gasteiger partial charge in [-0.1, -0.05) is 23.9 Å². The molecule has 7 nitrogen and oxygen atoms in total. The third kappa shape index (κ3) is 2.91. The van der Waals surface area contributed by atoms with E-state index in [1.54, 1.807) is 23.5 Å². The number of aromatic nitrogens is 2. The van der Waals surface area contributed by atoms with Gasteiger partial charge in [-0.15, -0.1) is 11.3 Å². The number of imide groups is 1. The molecule has 2 amide bonds. The number of thiazole rings is 1. The molecular weight excluding hydrogens is 408 g/mol. The van der Waals surface area contributed by atoms with Crippen LogP contribution in [0.5, 0.6) is 0 Å². The monoisotopic (exact) mass is 420 g/mol. The fourth-order valence-electron chi connectivity index (χ4n) is 3.20. The van der Waals surface area contributed by atoms with Crippen LogP contribution in [-0.4, -0.2) is 21.4 Å². The Hall–Kier alpha value is -3.43. The van der Waals surface area contributed by atoms with Gasteiger partial charge in [0, 0.05) is 11.0 Å². The van der Waals surface area contributed by atoms with Gasteiger partial charge in [-0.2, -0.15) is 0 Å². The average molecular weight is 420 g/mol. The molecule has 2 aromatic carbocycles. The van der Waals surface area contributed by atoms with Crippen molar-refractivity contribution in [1.82, 2.24) is 14.9 Å². The smallest absolute Gasteiger partial charge is 0.262 e. The third-order valence-electron chi connectivity index (χ3n) is 4.53. The second-order valence-electron chi connectivity index (χ2n) is 6.32. The zero-order valence-electron chi connectivity index (χ0n) is 14.7. The maximum Gasteiger partial charge on any atom is 0.262 e. The lowest BCUT2D eigenvalue weighted by Gasteiger charge is -2.12. The van der Waals surface area contributed by atoms with Crippen molar-refractivity contribution in [2.75, 3.05) is 5.73 Å². The maximum atomic E-state index is 12.5. The summed E-state index contributed by atoms with van der Waals surface area (Å²) in [7, 11) is 0. The van der Waals surface area contributed by atoms with E-state index in [4.69, 9.17) is 5.73 Å². The highest BCUT2D eigenvalue weighted by Crippen LogP contribution is 2.34. The molecule has 0 bridgehead atoms. The summed E-state index contributed by atoms with van der Waals surface area (Å²) < 4.78 is 3.27. The number of fused-ring (bicyclic) bond motifs is 2. The SMILES string of the molecule is Nc1c2c(cc(=O)n1-c1ccc(Sc3nc4ccccc4s3)cc1)C(=O)NC2=O. The van der Waals surface area contributed by atoms with Gasteiger partial charge in [0.1, 0.15) is 5.82 Å². The van der Waals surface area contributed by atoms with Crippen molar-refractivity contribution in [2.24, 2.45) is 0 Å². The van der Waals surface area contributed by atoms with Gasteiger partial charge in [0.2, 0.25) is 0 Å². The van der Waals surface area contributed by atoms with E-state index in [-0.39, 0.29) is 16.9 Å². The first kappa shape index (κ1) is 17.7. The zero-order chi connectivity index (χ0) is 20.1. The molecule has 0 saturated carbocycles. The van der Waals surface area contributed by atoms with E-state index in [0.717, 1.165) is 25.5 Å². The number of nitrogens with one attached hydrogen (secondary N) is 1. The Balaban J connectivity index is 1.49. The molecule has 29 heavy (non-hydrogen) atoms. The highest BCUT2D eigenvalue weighted by Gasteiger charge is 2.31. The Bertz CT molecular complexity index is 1340. The minimum Gasteiger partial charge on any atom is -0.384 e. The molecule has 1 aliphatic rings. The minimum absolute atomic E-state index is 0.0109. The van der Waals surface area contributed by atoms with Crippen LogP contribution in [0.1, 0.15) is 20.7 Å². The summed E-state index contributed by atoms with van der Waals surface area (Å²) in [5.74, 6) is -1.26. The molecule has 1 aliphatic heterocycles. The van der Waals surface area contributed by atoms with E-state index in [9.17, 15) is 14.4 Å². The fourth-order valence-corrected chi connectivity index (χ4v) is 5.24. The molecule has 0 unspecified atom stereocenters. The Kier molecular flexibility index (Phi) is 4.00. The van der Waals surface area contributed by atoms with Crippen molar-refractivity contribution in [1.29, 1.82) is 0 Å². The number of anilines is 1. The van der Waals surface area contributed by atoms with E-state index in [1.807, 2.05) is 36.4 Å². The van der Waals surface area contributed by atoms with Crippen molar-refractivity contribution in [3.63, 3.8) is 0 Å². The number of benzene rings is 2. The van der Waals surface area contributed by atoms with Crippen molar-refractivity contribution in [2.45, 2.75) is 9.24 Å². The lowest BCUT2D eigenvalue weighted by Crippen LogP contribution is -2.24. The van der Waals surface area contributed by atoms with Gasteiger partial charge in [0.25, 0.3) is 17.4 Å². The fraction of sp³-hybridized carbons (Fsp3) is 0. The highest BCUT2D eigenvalue weighted by molar-refractivity contribution is 8.01. The summed E-state index contributed by atoms with van der Waals surface area (Å²) in [5, 5.41) is 2.16. The van der Waals surface area contributed by atoms with E-state index >= 15 is 0 Å². The summed E-state index contributed by atoms with van der Waals surface area (Å²) in [6.45, 7) is 0. The maximum absolute atomic E-state index is 12.5. The number of nitrogen functional groups attached to an aromatic ring is 1. The lowest BCUT2D eigenvalue weighted by atomic mass is 10.1. The lowest BCUT2D eigenvalue weighted by molar-refractivity contribution is 0.0880. The third-order valence-corrected chi connectivity index (χ3v) is 6.63. The van der Waals surface area contributed by atoms with Crippen LogP contribution in [0.4, 0.5) is 5.82 Å². The molecule has 9 heteroatoms. The summed E-state index contributed by atoms with van der Waals surface area (Å²) in [4.78, 5) is 41.8. The number of carbonyl (C=O) groups excluding carboxylic acids is 2. The largest absolute Gasteiger partial charge is 0.384 e. The van der Waals surface area contributed by atoms with Crippen LogP contribution in [0, 0.1) is 0 Å². The summed E-state index contributed by atoms with van der Waals surface area (Å²) in [5.41, 5.74) is 7.10. The van der Waals surface area contributed by atoms with Crippen molar-refractivity contribution in [3.8, 4) is 5.69 Å². The normalized spacial score (nSPS) is 13.0. The molecule has 3 N–H and O–H groups in total. The van der Waals surface area contributed by atoms with Gasteiger partial charge in [0.05, 0.1) is 27.0 Å². The van der Waals surface area contributed by atoms with Crippen LogP contribution < -0.4 is 16.6 Å². The Labute approximate surface area is 172 Å². The zero-order valence-corrected chi connectivity index (χ0v) is 16.3. The van der Waals surface area contributed by atoms with Gasteiger partial charge < -0.3 is 5.73 Å². The van der Waals surface area contributed by atoms with Crippen LogP contribution in [0.15, 0.2) is 68.6 Å². The number of nitrogens with zero attached hydrogens (tertiary/aromatic N) is 2. The molecule has 0 aliphatic carbocycles. The standard InChI is InChI=1S/C20H12N4O3S2/c21-17-16-12(18(26)23-19(16)27)9-15(25)24(17)10-5-7-11(8-6-10)28-20-22-13-3-1-2-4-14(13)29-20/h1-9H,21H2,(H,23,26,27). The molecule has 2 aromatic heterocycles. The number of rotatable bonds is 3. The second-order valence-corrected chi connectivity index (χ2v) is 8.67. The van der Waals surface area contributed by atoms with E-state index in [2.05, 4.69) is 10.3 Å². The van der Waals surface area contributed by atoms with Crippen LogP contribution in [0.25, 0.3) is 15.9 Å². The summed E-state index contributed by atoms with van der Waals surface area (Å²) >= 11 is 3.14. The highest BCUT2D eigenvalue weighted by atomic mass is 32.2. The molecule has 5 rings (SSSR count). The van der Waals surface area contributed by atoms with Gasteiger partial charge in [-0.05, 0) is 36.4 Å². The van der Waals surface area contributed by atoms with Crippen LogP contribution >= 0.6 is 23.1 Å². The Morgan fingerprint density at radius 2 is 1.76 bits per heavy atom. The number of pyridine rings is 1. The van der Waals surface area contributed by atoms with Crippen LogP contribution in [0.3, 0.4) is 0 Å². The van der Waals surface area contributed by atoms with Gasteiger partial charge in [-0.3, -0.25) is 24.3 Å². The van der Waals surface area contributed by atoms with Crippen molar-refractivity contribution < 1.29 is 9.59 Å². The van der Waals surface area contributed by atoms with Crippen LogP contribution in [0.2, 0.25) is 0 Å². The molecule has 0 fully saturated rings. The Morgan fingerprint density at radius 1 is 1.00 bits per heavy atom. The average Bonchev–Trinajstić information content (AvgIpc) is 3.23. The number of hydrogen-bond donors (Lipinski definition) is 2. The molecule has 3 heterocycles. The number of carbonyl (C=O) groups is 2. The predicted molar refractivity (Wildman–Crippen MR) is 112 cm³/mol. The molecular formula is C20H12N4O3S2. The number of amides is 2. The number of hydrogen-bond acceptors (Lipinski definition) is 7. The second kappa shape index (κ2) is 6.57. The predicted octanol–water partition coefficient (Wildman–Crippen LogP) is 3.06. The van der Waals surface area contributed by atoms with Gasteiger partial charge >= 0.3 is 0 Å². The quantitative estimate of drug-likeness (QED) is 0.493. The number of nitrogens with two attached hydrogens (primary N) is 1. The summed E-state index contributed by atoms with van der Waals surface area (Å²) in [6, 6.07) is 16.3. The van der Waals surface area contributed by atoms with E-state index < -0.39 is 17.4 Å². The molecule has 0 saturated heterocycles. The first-order valence-corrected chi connectivity index (χ1v) is 10.2. The van der Waals surface area contributed by atoms with Gasteiger partial charge in [-0.25, -0.2) is 4.98 Å². The molecule has 142 valence electrons. The first-order chi connectivity index (χ1) is 14.0. The van der Waals surface area contributed by atoms with Crippen LogP contribution in [-0.2, 0) is 0 Å². The Morgan fingerprint density at radius 3 is 2.52 bits per heavy atom. The topological polar surface area (TPSA) is 107 Å². The van der Waals surface area contributed by atoms with E-state index in [0.29, 0.717) is 5.69 Å². The van der Waals surface area contributed by atoms with E-state index in [1.165, 1.54) is 16.3 Å². The minimum atomic E-state index is -0.608. The summed E-state index contributed by atoms with van der Waals surface area (Å²) in [6.07, 6.45) is 0. The molecule has 0 atom stereocenters.